The van der Waals surface area contributed by atoms with Gasteiger partial charge in [-0.2, -0.15) is 20.5 Å². The molecule has 5 rings (SSSR count). The van der Waals surface area contributed by atoms with E-state index in [1.165, 1.54) is 36.4 Å². The number of carboxylic acids is 1. The van der Waals surface area contributed by atoms with Crippen molar-refractivity contribution < 1.29 is 97.3 Å². The molecule has 0 heterocycles. The Morgan fingerprint density at radius 1 is 0.583 bits per heavy atom. The van der Waals surface area contributed by atoms with Gasteiger partial charge in [-0.3, -0.25) is 0 Å². The van der Waals surface area contributed by atoms with E-state index < -0.39 is 32.5 Å². The molecule has 0 aliphatic carbocycles. The number of hydrogen-bond donors (Lipinski definition) is 3. The Kier molecular flexibility index (Phi) is 13.2. The second-order valence-corrected chi connectivity index (χ2v) is 10.8. The normalized spacial score (nSPS) is 11.4. The molecule has 0 radical (unpaired) electrons. The van der Waals surface area contributed by atoms with E-state index in [1.54, 1.807) is 48.5 Å². The van der Waals surface area contributed by atoms with Gasteiger partial charge in [0.05, 0.1) is 33.6 Å². The molecule has 0 bridgehead atoms. The van der Waals surface area contributed by atoms with Crippen molar-refractivity contribution in [3.63, 3.8) is 0 Å². The molecule has 17 heteroatoms. The summed E-state index contributed by atoms with van der Waals surface area (Å²) in [5, 5.41) is 65.3. The van der Waals surface area contributed by atoms with Crippen molar-refractivity contribution in [2.24, 2.45) is 30.7 Å². The maximum atomic E-state index is 11.2. The topological polar surface area (TPSA) is 232 Å². The molecule has 0 unspecified atom stereocenters. The SMILES string of the molecule is O=C([O-])c1cc(N=Nc2ccc(-c3ccc(N=Nc4c(O)ccc(N=Nc5cccc(S(=O)(=O)[O-])c5)c4O)cc3)cc2)ccc1O.[Na+].[Na+]. The van der Waals surface area contributed by atoms with Crippen LogP contribution >= 0.6 is 0 Å². The average Bonchev–Trinajstić information content (AvgIpc) is 3.04. The van der Waals surface area contributed by atoms with Crippen LogP contribution in [0.5, 0.6) is 17.2 Å². The molecule has 0 aliphatic rings. The first-order valence-electron chi connectivity index (χ1n) is 13.1. The van der Waals surface area contributed by atoms with Gasteiger partial charge < -0.3 is 29.8 Å². The van der Waals surface area contributed by atoms with Crippen LogP contribution in [0.3, 0.4) is 0 Å². The zero-order valence-electron chi connectivity index (χ0n) is 25.3. The van der Waals surface area contributed by atoms with Gasteiger partial charge in [0.2, 0.25) is 0 Å². The van der Waals surface area contributed by atoms with E-state index >= 15 is 0 Å². The van der Waals surface area contributed by atoms with Gasteiger partial charge in [-0.1, -0.05) is 30.3 Å². The Labute approximate surface area is 317 Å². The predicted molar refractivity (Wildman–Crippen MR) is 161 cm³/mol. The Morgan fingerprint density at radius 3 is 1.67 bits per heavy atom. The van der Waals surface area contributed by atoms with Crippen molar-refractivity contribution in [2.75, 3.05) is 0 Å². The number of phenols is 3. The molecule has 230 valence electrons. The molecule has 3 N–H and O–H groups in total. The Hall–Kier alpha value is -4.32. The van der Waals surface area contributed by atoms with Gasteiger partial charge in [-0.25, -0.2) is 8.42 Å². The third-order valence-electron chi connectivity index (χ3n) is 6.30. The summed E-state index contributed by atoms with van der Waals surface area (Å²) in [6, 6.07) is 25.1. The molecule has 0 saturated heterocycles. The molecule has 0 aliphatic heterocycles. The van der Waals surface area contributed by atoms with Crippen LogP contribution in [0.4, 0.5) is 34.1 Å². The quantitative estimate of drug-likeness (QED) is 0.115. The van der Waals surface area contributed by atoms with E-state index in [0.717, 1.165) is 29.3 Å². The number of aromatic carboxylic acids is 1. The number of hydrogen-bond acceptors (Lipinski definition) is 14. The van der Waals surface area contributed by atoms with Gasteiger partial charge >= 0.3 is 59.1 Å². The van der Waals surface area contributed by atoms with Crippen LogP contribution in [0.15, 0.2) is 139 Å². The second-order valence-electron chi connectivity index (χ2n) is 9.44. The summed E-state index contributed by atoms with van der Waals surface area (Å²) in [5.41, 5.74) is 2.11. The fourth-order valence-electron chi connectivity index (χ4n) is 3.96. The average molecular weight is 683 g/mol. The minimum atomic E-state index is -4.69. The van der Waals surface area contributed by atoms with E-state index in [0.29, 0.717) is 11.4 Å². The van der Waals surface area contributed by atoms with E-state index in [1.807, 2.05) is 0 Å². The molecular weight excluding hydrogens is 662 g/mol. The van der Waals surface area contributed by atoms with Crippen LogP contribution in [0.25, 0.3) is 11.1 Å². The van der Waals surface area contributed by atoms with Crippen molar-refractivity contribution in [1.82, 2.24) is 0 Å². The summed E-state index contributed by atoms with van der Waals surface area (Å²) in [6.07, 6.45) is 0. The van der Waals surface area contributed by atoms with Crippen LogP contribution in [0, 0.1) is 0 Å². The van der Waals surface area contributed by atoms with Crippen molar-refractivity contribution in [1.29, 1.82) is 0 Å². The number of nitrogens with zero attached hydrogens (tertiary/aromatic N) is 6. The van der Waals surface area contributed by atoms with E-state index in [4.69, 9.17) is 0 Å². The van der Waals surface area contributed by atoms with Crippen LogP contribution < -0.4 is 64.2 Å². The number of carbonyl (C=O) groups excluding carboxylic acids is 1. The molecule has 48 heavy (non-hydrogen) atoms. The zero-order chi connectivity index (χ0) is 32.8. The number of phenolic OH excluding ortho intramolecular Hbond substituents is 2. The number of rotatable bonds is 9. The van der Waals surface area contributed by atoms with E-state index in [9.17, 15) is 38.2 Å². The smallest absolute Gasteiger partial charge is 0.744 e. The van der Waals surface area contributed by atoms with Gasteiger partial charge in [-0.15, -0.1) is 10.2 Å². The number of benzene rings is 5. The maximum Gasteiger partial charge on any atom is 1.00 e. The molecule has 0 fully saturated rings. The first-order chi connectivity index (χ1) is 22.0. The first-order valence-corrected chi connectivity index (χ1v) is 14.5. The van der Waals surface area contributed by atoms with Gasteiger partial charge in [0.1, 0.15) is 27.3 Å². The predicted octanol–water partition coefficient (Wildman–Crippen LogP) is 0.992. The van der Waals surface area contributed by atoms with Gasteiger partial charge in [-0.05, 0) is 83.9 Å². The molecule has 0 saturated carbocycles. The summed E-state index contributed by atoms with van der Waals surface area (Å²) < 4.78 is 33.7. The van der Waals surface area contributed by atoms with E-state index in [-0.39, 0.29) is 93.2 Å². The van der Waals surface area contributed by atoms with Crippen molar-refractivity contribution in [2.45, 2.75) is 4.90 Å². The van der Waals surface area contributed by atoms with Crippen LogP contribution in [-0.2, 0) is 10.1 Å². The number of aromatic hydroxyl groups is 3. The molecule has 0 amide bonds. The Bertz CT molecular complexity index is 2140. The minimum Gasteiger partial charge on any atom is -0.744 e. The van der Waals surface area contributed by atoms with Crippen molar-refractivity contribution in [3.8, 4) is 28.4 Å². The van der Waals surface area contributed by atoms with Crippen molar-refractivity contribution in [3.05, 3.63) is 109 Å². The monoisotopic (exact) mass is 682 g/mol. The van der Waals surface area contributed by atoms with Gasteiger partial charge in [0.15, 0.2) is 11.4 Å². The Morgan fingerprint density at radius 2 is 1.08 bits per heavy atom. The van der Waals surface area contributed by atoms with Gasteiger partial charge in [0.25, 0.3) is 0 Å². The fourth-order valence-corrected chi connectivity index (χ4v) is 4.47. The van der Waals surface area contributed by atoms with Crippen molar-refractivity contribution >= 4 is 50.2 Å². The summed E-state index contributed by atoms with van der Waals surface area (Å²) in [7, 11) is -4.69. The number of azo groups is 3. The summed E-state index contributed by atoms with van der Waals surface area (Å²) in [6.45, 7) is 0. The molecule has 0 aromatic heterocycles. The minimum absolute atomic E-state index is 0. The standard InChI is InChI=1S/C31H22N6O8S.2Na/c38-27-14-12-23(17-25(27)31(41)42)34-32-20-8-4-18(5-9-20)19-6-10-21(11-7-19)33-37-29-28(39)15-13-26(30(29)40)36-35-22-2-1-3-24(16-22)46(43,44)45;;/h1-17,38-40H,(H,41,42)(H,43,44,45);;/q;2*+1/p-2. The molecular formula is C31H20N6Na2O8S. The second kappa shape index (κ2) is 16.7. The maximum absolute atomic E-state index is 11.2. The van der Waals surface area contributed by atoms with Crippen LogP contribution in [0.1, 0.15) is 10.4 Å². The third-order valence-corrected chi connectivity index (χ3v) is 7.13. The molecule has 5 aromatic carbocycles. The number of carbonyl (C=O) groups is 1. The summed E-state index contributed by atoms with van der Waals surface area (Å²) in [5.74, 6) is -2.86. The number of carboxylic acid groups (broad SMARTS) is 1. The van der Waals surface area contributed by atoms with E-state index in [2.05, 4.69) is 30.7 Å². The molecule has 0 spiro atoms. The molecule has 5 aromatic rings. The fraction of sp³-hybridized carbons (Fsp3) is 0. The zero-order valence-corrected chi connectivity index (χ0v) is 30.1. The molecule has 0 atom stereocenters. The van der Waals surface area contributed by atoms with Crippen LogP contribution in [-0.4, -0.2) is 34.3 Å². The largest absolute Gasteiger partial charge is 1.00 e. The van der Waals surface area contributed by atoms with Gasteiger partial charge in [0, 0.05) is 5.56 Å². The first kappa shape index (κ1) is 38.1. The van der Waals surface area contributed by atoms with Crippen LogP contribution in [0.2, 0.25) is 0 Å². The molecule has 14 nitrogen and oxygen atoms in total. The summed E-state index contributed by atoms with van der Waals surface area (Å²) >= 11 is 0. The Balaban J connectivity index is 0.00000312. The summed E-state index contributed by atoms with van der Waals surface area (Å²) in [4.78, 5) is 10.6. The third kappa shape index (κ3) is 9.62.